The van der Waals surface area contributed by atoms with E-state index in [0.717, 1.165) is 24.5 Å². The first kappa shape index (κ1) is 17.7. The van der Waals surface area contributed by atoms with Gasteiger partial charge in [-0.2, -0.15) is 0 Å². The van der Waals surface area contributed by atoms with Crippen molar-refractivity contribution < 1.29 is 14.3 Å². The molecule has 2 atom stereocenters. The van der Waals surface area contributed by atoms with Crippen LogP contribution in [-0.4, -0.2) is 35.5 Å². The Morgan fingerprint density at radius 1 is 1.40 bits per heavy atom. The average Bonchev–Trinajstić information content (AvgIpc) is 2.94. The number of unbranched alkanes of at least 4 members (excludes halogenated alkanes) is 1. The van der Waals surface area contributed by atoms with Crippen LogP contribution in [0.1, 0.15) is 52.4 Å². The fourth-order valence-corrected chi connectivity index (χ4v) is 4.95. The maximum absolute atomic E-state index is 11.7. The van der Waals surface area contributed by atoms with Crippen molar-refractivity contribution in [2.75, 3.05) is 12.4 Å². The highest BCUT2D eigenvalue weighted by Crippen LogP contribution is 2.39. The van der Waals surface area contributed by atoms with Gasteiger partial charge in [0, 0.05) is 17.4 Å². The molecule has 20 heavy (non-hydrogen) atoms. The molecule has 0 aromatic carbocycles. The predicted molar refractivity (Wildman–Crippen MR) is 85.8 cm³/mol. The monoisotopic (exact) mass is 319 g/mol. The largest absolute Gasteiger partial charge is 0.464 e. The zero-order valence-electron chi connectivity index (χ0n) is 12.4. The molecule has 0 radical (unpaired) electrons. The minimum absolute atomic E-state index is 0.0561. The Bertz CT molecular complexity index is 307. The van der Waals surface area contributed by atoms with E-state index in [2.05, 4.69) is 5.32 Å². The van der Waals surface area contributed by atoms with Crippen molar-refractivity contribution in [3.05, 3.63) is 0 Å². The third kappa shape index (κ3) is 7.43. The SMILES string of the molecule is CCCOC(=O)[C@H](C)NC(=O)CCCCC1CCSS1. The number of hydrogen-bond donors (Lipinski definition) is 1. The summed E-state index contributed by atoms with van der Waals surface area (Å²) in [6.07, 6.45) is 5.76. The highest BCUT2D eigenvalue weighted by atomic mass is 33.1. The maximum Gasteiger partial charge on any atom is 0.328 e. The van der Waals surface area contributed by atoms with Crippen LogP contribution < -0.4 is 5.32 Å². The van der Waals surface area contributed by atoms with Crippen molar-refractivity contribution in [3.63, 3.8) is 0 Å². The summed E-state index contributed by atoms with van der Waals surface area (Å²) in [7, 11) is 3.93. The second kappa shape index (κ2) is 10.4. The van der Waals surface area contributed by atoms with E-state index in [1.807, 2.05) is 28.5 Å². The van der Waals surface area contributed by atoms with E-state index in [4.69, 9.17) is 4.74 Å². The molecule has 4 nitrogen and oxygen atoms in total. The van der Waals surface area contributed by atoms with Crippen molar-refractivity contribution in [1.82, 2.24) is 5.32 Å². The van der Waals surface area contributed by atoms with Gasteiger partial charge in [-0.15, -0.1) is 0 Å². The highest BCUT2D eigenvalue weighted by Gasteiger charge is 2.18. The summed E-state index contributed by atoms with van der Waals surface area (Å²) < 4.78 is 4.99. The molecule has 1 unspecified atom stereocenters. The van der Waals surface area contributed by atoms with E-state index < -0.39 is 6.04 Å². The lowest BCUT2D eigenvalue weighted by atomic mass is 10.1. The standard InChI is InChI=1S/C14H25NO3S2/c1-3-9-18-14(17)11(2)15-13(16)7-5-4-6-12-8-10-19-20-12/h11-12H,3-10H2,1-2H3,(H,15,16)/t11-,12?/m0/s1. The first-order chi connectivity index (χ1) is 9.63. The van der Waals surface area contributed by atoms with Crippen LogP contribution in [0.2, 0.25) is 0 Å². The molecule has 0 spiro atoms. The predicted octanol–water partition coefficient (Wildman–Crippen LogP) is 3.16. The van der Waals surface area contributed by atoms with E-state index >= 15 is 0 Å². The van der Waals surface area contributed by atoms with Gasteiger partial charge in [0.2, 0.25) is 5.91 Å². The summed E-state index contributed by atoms with van der Waals surface area (Å²) in [5.74, 6) is 0.853. The van der Waals surface area contributed by atoms with E-state index in [1.54, 1.807) is 6.92 Å². The smallest absolute Gasteiger partial charge is 0.328 e. The molecule has 0 aromatic rings. The quantitative estimate of drug-likeness (QED) is 0.402. The van der Waals surface area contributed by atoms with Gasteiger partial charge in [0.25, 0.3) is 0 Å². The number of esters is 1. The maximum atomic E-state index is 11.7. The van der Waals surface area contributed by atoms with Gasteiger partial charge >= 0.3 is 5.97 Å². The van der Waals surface area contributed by atoms with Crippen molar-refractivity contribution in [2.45, 2.75) is 63.7 Å². The summed E-state index contributed by atoms with van der Waals surface area (Å²) in [5, 5.41) is 3.46. The van der Waals surface area contributed by atoms with Crippen LogP contribution in [0.3, 0.4) is 0 Å². The Morgan fingerprint density at radius 2 is 2.20 bits per heavy atom. The van der Waals surface area contributed by atoms with Crippen molar-refractivity contribution in [1.29, 1.82) is 0 Å². The molecule has 0 aliphatic carbocycles. The molecule has 1 amide bonds. The van der Waals surface area contributed by atoms with Crippen LogP contribution in [0.15, 0.2) is 0 Å². The summed E-state index contributed by atoms with van der Waals surface area (Å²) in [4.78, 5) is 23.2. The molecular weight excluding hydrogens is 294 g/mol. The van der Waals surface area contributed by atoms with E-state index in [9.17, 15) is 9.59 Å². The topological polar surface area (TPSA) is 55.4 Å². The molecule has 0 bridgehead atoms. The molecule has 1 fully saturated rings. The van der Waals surface area contributed by atoms with Gasteiger partial charge in [-0.3, -0.25) is 4.79 Å². The minimum atomic E-state index is -0.546. The fraction of sp³-hybridized carbons (Fsp3) is 0.857. The summed E-state index contributed by atoms with van der Waals surface area (Å²) >= 11 is 0. The number of rotatable bonds is 9. The van der Waals surface area contributed by atoms with Gasteiger partial charge in [-0.05, 0) is 32.6 Å². The van der Waals surface area contributed by atoms with E-state index in [-0.39, 0.29) is 11.9 Å². The Labute approximate surface area is 129 Å². The number of amides is 1. The Morgan fingerprint density at radius 3 is 2.85 bits per heavy atom. The normalized spacial score (nSPS) is 19.6. The Kier molecular flexibility index (Phi) is 9.18. The molecule has 1 heterocycles. The molecule has 1 N–H and O–H groups in total. The van der Waals surface area contributed by atoms with Gasteiger partial charge < -0.3 is 10.1 Å². The Hall–Kier alpha value is -0.360. The summed E-state index contributed by atoms with van der Waals surface area (Å²) in [6.45, 7) is 4.02. The van der Waals surface area contributed by atoms with E-state index in [1.165, 1.54) is 18.6 Å². The molecule has 6 heteroatoms. The minimum Gasteiger partial charge on any atom is -0.464 e. The van der Waals surface area contributed by atoms with Crippen LogP contribution >= 0.6 is 21.6 Å². The summed E-state index contributed by atoms with van der Waals surface area (Å²) in [6, 6.07) is -0.546. The van der Waals surface area contributed by atoms with E-state index in [0.29, 0.717) is 13.0 Å². The van der Waals surface area contributed by atoms with Crippen molar-refractivity contribution >= 4 is 33.5 Å². The third-order valence-corrected chi connectivity index (χ3v) is 6.09. The van der Waals surface area contributed by atoms with Crippen LogP contribution in [0.5, 0.6) is 0 Å². The number of carbonyl (C=O) groups is 2. The number of ether oxygens (including phenoxy) is 1. The molecule has 116 valence electrons. The third-order valence-electron chi connectivity index (χ3n) is 3.09. The second-order valence-corrected chi connectivity index (χ2v) is 7.82. The lowest BCUT2D eigenvalue weighted by Gasteiger charge is -2.13. The molecule has 1 saturated heterocycles. The molecule has 1 aliphatic rings. The van der Waals surface area contributed by atoms with Crippen LogP contribution in [-0.2, 0) is 14.3 Å². The molecule has 0 saturated carbocycles. The zero-order valence-corrected chi connectivity index (χ0v) is 14.0. The van der Waals surface area contributed by atoms with Crippen molar-refractivity contribution in [2.24, 2.45) is 0 Å². The van der Waals surface area contributed by atoms with Gasteiger partial charge in [0.05, 0.1) is 6.61 Å². The molecular formula is C14H25NO3S2. The average molecular weight is 319 g/mol. The van der Waals surface area contributed by atoms with Crippen molar-refractivity contribution in [3.8, 4) is 0 Å². The summed E-state index contributed by atoms with van der Waals surface area (Å²) in [5.41, 5.74) is 0. The zero-order chi connectivity index (χ0) is 14.8. The molecule has 1 aliphatic heterocycles. The lowest BCUT2D eigenvalue weighted by Crippen LogP contribution is -2.39. The molecule has 0 aromatic heterocycles. The highest BCUT2D eigenvalue weighted by molar-refractivity contribution is 8.77. The molecule has 1 rings (SSSR count). The van der Waals surface area contributed by atoms with Crippen LogP contribution in [0.4, 0.5) is 0 Å². The van der Waals surface area contributed by atoms with Gasteiger partial charge in [-0.25, -0.2) is 4.79 Å². The van der Waals surface area contributed by atoms with Crippen LogP contribution in [0.25, 0.3) is 0 Å². The number of hydrogen-bond acceptors (Lipinski definition) is 5. The second-order valence-electron chi connectivity index (χ2n) is 5.03. The number of carbonyl (C=O) groups excluding carboxylic acids is 2. The van der Waals surface area contributed by atoms with Gasteiger partial charge in [0.15, 0.2) is 0 Å². The Balaban J connectivity index is 2.05. The van der Waals surface area contributed by atoms with Crippen LogP contribution in [0, 0.1) is 0 Å². The van der Waals surface area contributed by atoms with Gasteiger partial charge in [0.1, 0.15) is 6.04 Å². The number of nitrogens with one attached hydrogen (secondary N) is 1. The first-order valence-electron chi connectivity index (χ1n) is 7.37. The lowest BCUT2D eigenvalue weighted by molar-refractivity contribution is -0.147. The fourth-order valence-electron chi connectivity index (χ4n) is 1.92. The van der Waals surface area contributed by atoms with Gasteiger partial charge in [-0.1, -0.05) is 34.9 Å². The first-order valence-corrected chi connectivity index (χ1v) is 9.76.